The lowest BCUT2D eigenvalue weighted by molar-refractivity contribution is 0.306. The van der Waals surface area contributed by atoms with E-state index in [4.69, 9.17) is 4.74 Å². The highest BCUT2D eigenvalue weighted by atomic mass is 79.9. The molecule has 0 aromatic heterocycles. The molecule has 0 aliphatic carbocycles. The van der Waals surface area contributed by atoms with Gasteiger partial charge in [0.1, 0.15) is 23.9 Å². The Labute approximate surface area is 153 Å². The van der Waals surface area contributed by atoms with Gasteiger partial charge in [-0.05, 0) is 60.2 Å². The van der Waals surface area contributed by atoms with Crippen LogP contribution in [0.2, 0.25) is 0 Å². The molecule has 3 aromatic carbocycles. The second-order valence-corrected chi connectivity index (χ2v) is 6.29. The van der Waals surface area contributed by atoms with Crippen molar-refractivity contribution in [3.05, 3.63) is 88.1 Å². The number of benzene rings is 3. The molecule has 0 amide bonds. The summed E-state index contributed by atoms with van der Waals surface area (Å²) in [5.41, 5.74) is 2.27. The third kappa shape index (κ3) is 4.90. The van der Waals surface area contributed by atoms with Gasteiger partial charge in [0, 0.05) is 16.3 Å². The lowest BCUT2D eigenvalue weighted by atomic mass is 10.2. The second kappa shape index (κ2) is 7.94. The summed E-state index contributed by atoms with van der Waals surface area (Å²) in [6, 6.07) is 18.7. The predicted molar refractivity (Wildman–Crippen MR) is 100 cm³/mol. The van der Waals surface area contributed by atoms with Crippen LogP contribution in [-0.2, 0) is 6.61 Å². The van der Waals surface area contributed by atoms with Crippen LogP contribution in [0.1, 0.15) is 11.1 Å². The van der Waals surface area contributed by atoms with Gasteiger partial charge in [0.2, 0.25) is 0 Å². The Bertz CT molecular complexity index is 877. The Balaban J connectivity index is 1.62. The predicted octanol–water partition coefficient (Wildman–Crippen LogP) is 5.62. The lowest BCUT2D eigenvalue weighted by Gasteiger charge is -2.06. The van der Waals surface area contributed by atoms with E-state index in [0.29, 0.717) is 17.9 Å². The molecule has 0 saturated carbocycles. The number of aliphatic imine (C=N–C) groups is 1. The molecule has 0 radical (unpaired) electrons. The first-order valence-electron chi connectivity index (χ1n) is 7.60. The molecule has 126 valence electrons. The number of phenolic OH excluding ortho intramolecular Hbond substituents is 1. The van der Waals surface area contributed by atoms with E-state index in [9.17, 15) is 9.50 Å². The minimum Gasteiger partial charge on any atom is -0.507 e. The van der Waals surface area contributed by atoms with Crippen LogP contribution in [0.5, 0.6) is 11.5 Å². The van der Waals surface area contributed by atoms with Crippen molar-refractivity contribution < 1.29 is 14.2 Å². The van der Waals surface area contributed by atoms with Crippen molar-refractivity contribution in [3.63, 3.8) is 0 Å². The van der Waals surface area contributed by atoms with Gasteiger partial charge in [-0.15, -0.1) is 0 Å². The summed E-state index contributed by atoms with van der Waals surface area (Å²) in [4.78, 5) is 4.34. The number of halogens is 2. The minimum absolute atomic E-state index is 0.172. The van der Waals surface area contributed by atoms with Crippen LogP contribution in [0.15, 0.2) is 76.2 Å². The molecule has 3 nitrogen and oxygen atoms in total. The molecule has 1 N–H and O–H groups in total. The van der Waals surface area contributed by atoms with Crippen LogP contribution in [0.4, 0.5) is 10.1 Å². The fourth-order valence-electron chi connectivity index (χ4n) is 2.15. The molecule has 0 atom stereocenters. The quantitative estimate of drug-likeness (QED) is 0.565. The van der Waals surface area contributed by atoms with Crippen LogP contribution < -0.4 is 4.74 Å². The normalized spacial score (nSPS) is 11.0. The van der Waals surface area contributed by atoms with Crippen LogP contribution in [-0.4, -0.2) is 11.3 Å². The molecule has 3 aromatic rings. The smallest absolute Gasteiger partial charge is 0.124 e. The summed E-state index contributed by atoms with van der Waals surface area (Å²) in [6.45, 7) is 0.370. The molecule has 25 heavy (non-hydrogen) atoms. The Morgan fingerprint density at radius 2 is 1.72 bits per heavy atom. The molecule has 0 fully saturated rings. The molecule has 0 aliphatic heterocycles. The monoisotopic (exact) mass is 399 g/mol. The van der Waals surface area contributed by atoms with Crippen LogP contribution >= 0.6 is 15.9 Å². The first kappa shape index (κ1) is 17.2. The van der Waals surface area contributed by atoms with E-state index in [0.717, 1.165) is 15.7 Å². The molecule has 0 heterocycles. The average Bonchev–Trinajstić information content (AvgIpc) is 2.63. The SMILES string of the molecule is Oc1ccc(Br)cc1C=Nc1ccc(OCc2ccc(F)cc2)cc1. The van der Waals surface area contributed by atoms with Crippen LogP contribution in [0, 0.1) is 5.82 Å². The van der Waals surface area contributed by atoms with Gasteiger partial charge >= 0.3 is 0 Å². The largest absolute Gasteiger partial charge is 0.507 e. The highest BCUT2D eigenvalue weighted by Gasteiger charge is 2.00. The Morgan fingerprint density at radius 3 is 2.44 bits per heavy atom. The van der Waals surface area contributed by atoms with Gasteiger partial charge in [-0.3, -0.25) is 4.99 Å². The fraction of sp³-hybridized carbons (Fsp3) is 0.0500. The number of nitrogens with zero attached hydrogens (tertiary/aromatic N) is 1. The second-order valence-electron chi connectivity index (χ2n) is 5.37. The van der Waals surface area contributed by atoms with Crippen LogP contribution in [0.3, 0.4) is 0 Å². The Morgan fingerprint density at radius 1 is 1.00 bits per heavy atom. The summed E-state index contributed by atoms with van der Waals surface area (Å²) in [7, 11) is 0. The maximum Gasteiger partial charge on any atom is 0.124 e. The average molecular weight is 400 g/mol. The van der Waals surface area contributed by atoms with Gasteiger partial charge in [-0.2, -0.15) is 0 Å². The zero-order chi connectivity index (χ0) is 17.6. The van der Waals surface area contributed by atoms with E-state index in [2.05, 4.69) is 20.9 Å². The van der Waals surface area contributed by atoms with Crippen molar-refractivity contribution >= 4 is 27.8 Å². The third-order valence-electron chi connectivity index (χ3n) is 3.50. The topological polar surface area (TPSA) is 41.8 Å². The van der Waals surface area contributed by atoms with Crippen LogP contribution in [0.25, 0.3) is 0 Å². The van der Waals surface area contributed by atoms with Crippen molar-refractivity contribution in [2.24, 2.45) is 4.99 Å². The molecule has 0 saturated heterocycles. The lowest BCUT2D eigenvalue weighted by Crippen LogP contribution is -1.95. The number of phenols is 1. The zero-order valence-corrected chi connectivity index (χ0v) is 14.8. The van der Waals surface area contributed by atoms with E-state index in [-0.39, 0.29) is 11.6 Å². The molecule has 0 unspecified atom stereocenters. The zero-order valence-electron chi connectivity index (χ0n) is 13.2. The molecule has 0 spiro atoms. The van der Waals surface area contributed by atoms with Crippen molar-refractivity contribution in [2.45, 2.75) is 6.61 Å². The van der Waals surface area contributed by atoms with E-state index < -0.39 is 0 Å². The first-order chi connectivity index (χ1) is 12.1. The molecule has 0 aliphatic rings. The number of rotatable bonds is 5. The van der Waals surface area contributed by atoms with Crippen molar-refractivity contribution in [3.8, 4) is 11.5 Å². The maximum absolute atomic E-state index is 12.9. The van der Waals surface area contributed by atoms with Gasteiger partial charge in [-0.25, -0.2) is 4.39 Å². The number of hydrogen-bond acceptors (Lipinski definition) is 3. The number of aromatic hydroxyl groups is 1. The third-order valence-corrected chi connectivity index (χ3v) is 3.99. The molecular formula is C20H15BrFNO2. The van der Waals surface area contributed by atoms with Gasteiger partial charge < -0.3 is 9.84 Å². The summed E-state index contributed by atoms with van der Waals surface area (Å²) in [6.07, 6.45) is 1.61. The standard InChI is InChI=1S/C20H15BrFNO2/c21-16-3-10-20(24)15(11-16)12-23-18-6-8-19(9-7-18)25-13-14-1-4-17(22)5-2-14/h1-12,24H,13H2. The van der Waals surface area contributed by atoms with Crippen molar-refractivity contribution in [1.29, 1.82) is 0 Å². The summed E-state index contributed by atoms with van der Waals surface area (Å²) in [5, 5.41) is 9.80. The first-order valence-corrected chi connectivity index (χ1v) is 8.39. The number of hydrogen-bond donors (Lipinski definition) is 1. The Kier molecular flexibility index (Phi) is 5.46. The molecule has 0 bridgehead atoms. The minimum atomic E-state index is -0.262. The van der Waals surface area contributed by atoms with Gasteiger partial charge in [0.25, 0.3) is 0 Å². The van der Waals surface area contributed by atoms with E-state index in [1.165, 1.54) is 12.1 Å². The summed E-state index contributed by atoms with van der Waals surface area (Å²) >= 11 is 3.36. The fourth-order valence-corrected chi connectivity index (χ4v) is 2.53. The van der Waals surface area contributed by atoms with Crippen molar-refractivity contribution in [2.75, 3.05) is 0 Å². The van der Waals surface area contributed by atoms with E-state index >= 15 is 0 Å². The van der Waals surface area contributed by atoms with E-state index in [1.54, 1.807) is 36.5 Å². The highest BCUT2D eigenvalue weighted by molar-refractivity contribution is 9.10. The van der Waals surface area contributed by atoms with Gasteiger partial charge in [0.05, 0.1) is 5.69 Å². The van der Waals surface area contributed by atoms with E-state index in [1.807, 2.05) is 24.3 Å². The molecular weight excluding hydrogens is 385 g/mol. The number of ether oxygens (including phenoxy) is 1. The molecule has 3 rings (SSSR count). The Hall–Kier alpha value is -2.66. The van der Waals surface area contributed by atoms with Gasteiger partial charge in [0.15, 0.2) is 0 Å². The van der Waals surface area contributed by atoms with Gasteiger partial charge in [-0.1, -0.05) is 28.1 Å². The maximum atomic E-state index is 12.9. The summed E-state index contributed by atoms with van der Waals surface area (Å²) < 4.78 is 19.4. The molecule has 5 heteroatoms. The highest BCUT2D eigenvalue weighted by Crippen LogP contribution is 2.23. The summed E-state index contributed by atoms with van der Waals surface area (Å²) in [5.74, 6) is 0.613. The van der Waals surface area contributed by atoms with Crippen molar-refractivity contribution in [1.82, 2.24) is 0 Å².